The Morgan fingerprint density at radius 1 is 1.46 bits per heavy atom. The van der Waals surface area contributed by atoms with Gasteiger partial charge < -0.3 is 21.1 Å². The van der Waals surface area contributed by atoms with E-state index in [-0.39, 0.29) is 37.7 Å². The summed E-state index contributed by atoms with van der Waals surface area (Å²) in [5.74, 6) is -1.19. The van der Waals surface area contributed by atoms with Crippen LogP contribution in [0, 0.1) is 5.82 Å². The van der Waals surface area contributed by atoms with Crippen molar-refractivity contribution in [1.82, 2.24) is 15.5 Å². The molecule has 0 bridgehead atoms. The number of hydrogen-bond donors (Lipinski definition) is 3. The zero-order valence-electron chi connectivity index (χ0n) is 14.6. The Morgan fingerprint density at radius 2 is 2.23 bits per heavy atom. The fourth-order valence-electron chi connectivity index (χ4n) is 2.75. The molecule has 0 radical (unpaired) electrons. The molecule has 0 aliphatic carbocycles. The van der Waals surface area contributed by atoms with E-state index in [4.69, 9.17) is 10.5 Å². The molecule has 26 heavy (non-hydrogen) atoms. The van der Waals surface area contributed by atoms with Gasteiger partial charge in [-0.2, -0.15) is 0 Å². The number of methoxy groups -OCH3 is 1. The van der Waals surface area contributed by atoms with Crippen LogP contribution in [0.5, 0.6) is 5.75 Å². The molecule has 2 rings (SSSR count). The zero-order valence-corrected chi connectivity index (χ0v) is 14.6. The van der Waals surface area contributed by atoms with E-state index < -0.39 is 17.8 Å². The minimum Gasteiger partial charge on any atom is -0.497 e. The Balaban J connectivity index is 2.02. The van der Waals surface area contributed by atoms with Crippen molar-refractivity contribution < 1.29 is 23.5 Å². The number of nitrogens with one attached hydrogen (secondary N) is 2. The van der Waals surface area contributed by atoms with Gasteiger partial charge in [0.1, 0.15) is 11.6 Å². The maximum absolute atomic E-state index is 14.2. The lowest BCUT2D eigenvalue weighted by atomic mass is 10.1. The molecule has 4 N–H and O–H groups in total. The Hall–Kier alpha value is -2.68. The summed E-state index contributed by atoms with van der Waals surface area (Å²) in [6, 6.07) is 3.82. The fraction of sp³-hybridized carbons (Fsp3) is 0.471. The number of primary amides is 1. The lowest BCUT2D eigenvalue weighted by molar-refractivity contribution is -0.134. The summed E-state index contributed by atoms with van der Waals surface area (Å²) in [6.45, 7) is 1.24. The molecule has 1 aliphatic rings. The van der Waals surface area contributed by atoms with Crippen LogP contribution in [0.25, 0.3) is 0 Å². The van der Waals surface area contributed by atoms with Crippen LogP contribution < -0.4 is 21.1 Å². The normalized spacial score (nSPS) is 17.5. The SMILES string of the molecule is COc1ccc(CN2CCNC(=O)C2CC(=O)NCCC(N)=O)c(F)c1. The first kappa shape index (κ1) is 19.6. The van der Waals surface area contributed by atoms with Crippen molar-refractivity contribution >= 4 is 17.7 Å². The zero-order chi connectivity index (χ0) is 19.1. The van der Waals surface area contributed by atoms with Gasteiger partial charge in [-0.15, -0.1) is 0 Å². The van der Waals surface area contributed by atoms with Gasteiger partial charge in [0.05, 0.1) is 19.6 Å². The molecule has 1 saturated heterocycles. The van der Waals surface area contributed by atoms with Crippen molar-refractivity contribution in [2.75, 3.05) is 26.7 Å². The third kappa shape index (κ3) is 5.41. The third-order valence-electron chi connectivity index (χ3n) is 4.15. The highest BCUT2D eigenvalue weighted by Crippen LogP contribution is 2.20. The number of rotatable bonds is 8. The molecule has 1 aromatic rings. The lowest BCUT2D eigenvalue weighted by Gasteiger charge is -2.34. The number of piperazine rings is 1. The van der Waals surface area contributed by atoms with E-state index in [0.29, 0.717) is 24.4 Å². The quantitative estimate of drug-likeness (QED) is 0.575. The monoisotopic (exact) mass is 366 g/mol. The summed E-state index contributed by atoms with van der Waals surface area (Å²) in [5.41, 5.74) is 5.44. The van der Waals surface area contributed by atoms with E-state index in [0.717, 1.165) is 0 Å². The van der Waals surface area contributed by atoms with Crippen LogP contribution in [-0.4, -0.2) is 55.4 Å². The van der Waals surface area contributed by atoms with Crippen molar-refractivity contribution in [2.45, 2.75) is 25.4 Å². The molecule has 1 aromatic carbocycles. The van der Waals surface area contributed by atoms with Crippen molar-refractivity contribution in [3.63, 3.8) is 0 Å². The first-order chi connectivity index (χ1) is 12.4. The Bertz CT molecular complexity index is 683. The lowest BCUT2D eigenvalue weighted by Crippen LogP contribution is -2.56. The molecule has 9 heteroatoms. The molecular formula is C17H23FN4O4. The van der Waals surface area contributed by atoms with Crippen molar-refractivity contribution in [3.8, 4) is 5.75 Å². The second-order valence-corrected chi connectivity index (χ2v) is 6.01. The number of carbonyl (C=O) groups is 3. The largest absolute Gasteiger partial charge is 0.497 e. The predicted octanol–water partition coefficient (Wildman–Crippen LogP) is -0.484. The molecular weight excluding hydrogens is 343 g/mol. The Kier molecular flexibility index (Phi) is 6.90. The van der Waals surface area contributed by atoms with Crippen LogP contribution in [0.1, 0.15) is 18.4 Å². The average Bonchev–Trinajstić information content (AvgIpc) is 2.59. The van der Waals surface area contributed by atoms with Gasteiger partial charge in [0.2, 0.25) is 17.7 Å². The smallest absolute Gasteiger partial charge is 0.237 e. The summed E-state index contributed by atoms with van der Waals surface area (Å²) in [6.07, 6.45) is -0.0499. The van der Waals surface area contributed by atoms with E-state index in [1.54, 1.807) is 17.0 Å². The second kappa shape index (κ2) is 9.14. The molecule has 1 unspecified atom stereocenters. The Morgan fingerprint density at radius 3 is 2.88 bits per heavy atom. The summed E-state index contributed by atoms with van der Waals surface area (Å²) in [4.78, 5) is 36.7. The van der Waals surface area contributed by atoms with E-state index in [1.165, 1.54) is 13.2 Å². The topological polar surface area (TPSA) is 114 Å². The van der Waals surface area contributed by atoms with Gasteiger partial charge in [-0.3, -0.25) is 19.3 Å². The number of nitrogens with zero attached hydrogens (tertiary/aromatic N) is 1. The van der Waals surface area contributed by atoms with Gasteiger partial charge in [0.25, 0.3) is 0 Å². The minimum absolute atomic E-state index is 0.0311. The second-order valence-electron chi connectivity index (χ2n) is 6.01. The predicted molar refractivity (Wildman–Crippen MR) is 91.6 cm³/mol. The highest BCUT2D eigenvalue weighted by molar-refractivity contribution is 5.89. The number of nitrogens with two attached hydrogens (primary N) is 1. The van der Waals surface area contributed by atoms with Gasteiger partial charge >= 0.3 is 0 Å². The van der Waals surface area contributed by atoms with E-state index in [1.807, 2.05) is 0 Å². The van der Waals surface area contributed by atoms with Crippen LogP contribution in [0.3, 0.4) is 0 Å². The van der Waals surface area contributed by atoms with Gasteiger partial charge in [-0.25, -0.2) is 4.39 Å². The van der Waals surface area contributed by atoms with Crippen molar-refractivity contribution in [3.05, 3.63) is 29.6 Å². The summed E-state index contributed by atoms with van der Waals surface area (Å²) in [5, 5.41) is 5.27. The minimum atomic E-state index is -0.709. The number of ether oxygens (including phenoxy) is 1. The molecule has 3 amide bonds. The molecule has 1 fully saturated rings. The van der Waals surface area contributed by atoms with Crippen molar-refractivity contribution in [1.29, 1.82) is 0 Å². The number of amides is 3. The maximum Gasteiger partial charge on any atom is 0.237 e. The third-order valence-corrected chi connectivity index (χ3v) is 4.15. The fourth-order valence-corrected chi connectivity index (χ4v) is 2.75. The molecule has 8 nitrogen and oxygen atoms in total. The number of carbonyl (C=O) groups excluding carboxylic acids is 3. The number of hydrogen-bond acceptors (Lipinski definition) is 5. The maximum atomic E-state index is 14.2. The van der Waals surface area contributed by atoms with Crippen molar-refractivity contribution in [2.24, 2.45) is 5.73 Å². The first-order valence-corrected chi connectivity index (χ1v) is 8.30. The van der Waals surface area contributed by atoms with Crippen LogP contribution >= 0.6 is 0 Å². The van der Waals surface area contributed by atoms with Crippen LogP contribution in [-0.2, 0) is 20.9 Å². The van der Waals surface area contributed by atoms with Gasteiger partial charge in [0.15, 0.2) is 0 Å². The summed E-state index contributed by atoms with van der Waals surface area (Å²) < 4.78 is 19.2. The van der Waals surface area contributed by atoms with E-state index in [2.05, 4.69) is 10.6 Å². The Labute approximate surface area is 150 Å². The molecule has 0 spiro atoms. The molecule has 1 atom stereocenters. The van der Waals surface area contributed by atoms with Crippen LogP contribution in [0.4, 0.5) is 4.39 Å². The number of benzene rings is 1. The van der Waals surface area contributed by atoms with E-state index >= 15 is 0 Å². The highest BCUT2D eigenvalue weighted by Gasteiger charge is 2.32. The number of halogens is 1. The summed E-state index contributed by atoms with van der Waals surface area (Å²) in [7, 11) is 1.45. The molecule has 1 heterocycles. The van der Waals surface area contributed by atoms with Gasteiger partial charge in [0, 0.05) is 44.2 Å². The summed E-state index contributed by atoms with van der Waals surface area (Å²) >= 11 is 0. The van der Waals surface area contributed by atoms with Gasteiger partial charge in [-0.1, -0.05) is 6.07 Å². The van der Waals surface area contributed by atoms with E-state index in [9.17, 15) is 18.8 Å². The molecule has 0 aromatic heterocycles. The van der Waals surface area contributed by atoms with Crippen LogP contribution in [0.15, 0.2) is 18.2 Å². The average molecular weight is 366 g/mol. The standard InChI is InChI=1S/C17H23FN4O4/c1-26-12-3-2-11(13(18)8-12)10-22-7-6-21-17(25)14(22)9-16(24)20-5-4-15(19)23/h2-3,8,14H,4-7,9-10H2,1H3,(H2,19,23)(H,20,24)(H,21,25). The highest BCUT2D eigenvalue weighted by atomic mass is 19.1. The molecule has 0 saturated carbocycles. The van der Waals surface area contributed by atoms with Gasteiger partial charge in [-0.05, 0) is 6.07 Å². The first-order valence-electron chi connectivity index (χ1n) is 8.30. The molecule has 142 valence electrons. The molecule has 1 aliphatic heterocycles. The van der Waals surface area contributed by atoms with Crippen LogP contribution in [0.2, 0.25) is 0 Å².